The van der Waals surface area contributed by atoms with E-state index in [0.29, 0.717) is 21.7 Å². The van der Waals surface area contributed by atoms with Crippen molar-refractivity contribution >= 4 is 46.4 Å². The zero-order valence-corrected chi connectivity index (χ0v) is 12.4. The predicted octanol–water partition coefficient (Wildman–Crippen LogP) is 3.88. The third kappa shape index (κ3) is 3.83. The fourth-order valence-electron chi connectivity index (χ4n) is 1.81. The largest absolute Gasteiger partial charge is 0.339 e. The Bertz CT molecular complexity index is 651. The molecule has 1 saturated carbocycles. The van der Waals surface area contributed by atoms with E-state index in [9.17, 15) is 4.79 Å². The molecule has 0 radical (unpaired) electrons. The number of benzene rings is 1. The smallest absolute Gasteiger partial charge is 0.228 e. The van der Waals surface area contributed by atoms with Gasteiger partial charge in [0.05, 0.1) is 0 Å². The molecule has 5 nitrogen and oxygen atoms in total. The van der Waals surface area contributed by atoms with Crippen molar-refractivity contribution < 1.29 is 4.79 Å². The number of amides is 1. The maximum atomic E-state index is 11.6. The summed E-state index contributed by atoms with van der Waals surface area (Å²) in [6.45, 7) is 0. The van der Waals surface area contributed by atoms with E-state index in [1.807, 2.05) is 0 Å². The summed E-state index contributed by atoms with van der Waals surface area (Å²) in [5.41, 5.74) is 0.719. The maximum Gasteiger partial charge on any atom is 0.228 e. The van der Waals surface area contributed by atoms with Gasteiger partial charge in [-0.2, -0.15) is 0 Å². The van der Waals surface area contributed by atoms with E-state index in [1.54, 1.807) is 30.3 Å². The van der Waals surface area contributed by atoms with E-state index in [4.69, 9.17) is 23.2 Å². The summed E-state index contributed by atoms with van der Waals surface area (Å²) in [4.78, 5) is 11.6. The van der Waals surface area contributed by atoms with Crippen LogP contribution in [0.15, 0.2) is 30.3 Å². The van der Waals surface area contributed by atoms with Gasteiger partial charge in [-0.25, -0.2) is 0 Å². The minimum atomic E-state index is 0.00614. The highest BCUT2D eigenvalue weighted by Crippen LogP contribution is 2.30. The summed E-state index contributed by atoms with van der Waals surface area (Å²) >= 11 is 11.9. The highest BCUT2D eigenvalue weighted by atomic mass is 35.5. The predicted molar refractivity (Wildman–Crippen MR) is 83.1 cm³/mol. The van der Waals surface area contributed by atoms with Crippen LogP contribution in [0.25, 0.3) is 0 Å². The first-order valence-corrected chi connectivity index (χ1v) is 7.23. The number of halogens is 2. The summed E-state index contributed by atoms with van der Waals surface area (Å²) in [5, 5.41) is 14.8. The molecule has 1 aromatic heterocycles. The van der Waals surface area contributed by atoms with E-state index in [-0.39, 0.29) is 11.8 Å². The van der Waals surface area contributed by atoms with Crippen molar-refractivity contribution in [2.75, 3.05) is 10.6 Å². The van der Waals surface area contributed by atoms with E-state index >= 15 is 0 Å². The molecule has 0 bridgehead atoms. The molecule has 7 heteroatoms. The molecule has 1 amide bonds. The third-order valence-corrected chi connectivity index (χ3v) is 3.44. The van der Waals surface area contributed by atoms with Gasteiger partial charge in [-0.15, -0.1) is 10.2 Å². The quantitative estimate of drug-likeness (QED) is 0.896. The van der Waals surface area contributed by atoms with Crippen molar-refractivity contribution in [1.82, 2.24) is 10.2 Å². The fourth-order valence-corrected chi connectivity index (χ4v) is 2.34. The lowest BCUT2D eigenvalue weighted by atomic mass is 10.3. The van der Waals surface area contributed by atoms with Gasteiger partial charge in [-0.3, -0.25) is 4.79 Å². The van der Waals surface area contributed by atoms with Crippen LogP contribution >= 0.6 is 23.2 Å². The molecule has 108 valence electrons. The Morgan fingerprint density at radius 2 is 1.67 bits per heavy atom. The summed E-state index contributed by atoms with van der Waals surface area (Å²) < 4.78 is 0. The van der Waals surface area contributed by atoms with Gasteiger partial charge in [-0.05, 0) is 43.2 Å². The summed E-state index contributed by atoms with van der Waals surface area (Å²) in [6.07, 6.45) is 1.91. The number of nitrogens with zero attached hydrogens (tertiary/aromatic N) is 2. The molecule has 21 heavy (non-hydrogen) atoms. The molecule has 0 saturated heterocycles. The normalized spacial score (nSPS) is 13.8. The minimum Gasteiger partial charge on any atom is -0.339 e. The van der Waals surface area contributed by atoms with Gasteiger partial charge in [0.1, 0.15) is 0 Å². The Hall–Kier alpha value is -1.85. The van der Waals surface area contributed by atoms with Gasteiger partial charge in [0.2, 0.25) is 5.91 Å². The summed E-state index contributed by atoms with van der Waals surface area (Å²) in [5.74, 6) is 1.13. The molecule has 0 unspecified atom stereocenters. The number of anilines is 3. The van der Waals surface area contributed by atoms with Crippen molar-refractivity contribution in [3.63, 3.8) is 0 Å². The Balaban J connectivity index is 1.67. The number of nitrogens with one attached hydrogen (secondary N) is 2. The van der Waals surface area contributed by atoms with Crippen molar-refractivity contribution in [2.45, 2.75) is 12.8 Å². The molecular formula is C14H12Cl2N4O. The van der Waals surface area contributed by atoms with Crippen LogP contribution in [0.3, 0.4) is 0 Å². The molecule has 0 aliphatic heterocycles. The highest BCUT2D eigenvalue weighted by molar-refractivity contribution is 6.35. The van der Waals surface area contributed by atoms with Crippen LogP contribution < -0.4 is 10.6 Å². The molecule has 1 aliphatic carbocycles. The van der Waals surface area contributed by atoms with Gasteiger partial charge >= 0.3 is 0 Å². The summed E-state index contributed by atoms with van der Waals surface area (Å²) in [7, 11) is 0. The Kier molecular flexibility index (Phi) is 3.94. The molecule has 3 rings (SSSR count). The van der Waals surface area contributed by atoms with E-state index in [0.717, 1.165) is 18.5 Å². The van der Waals surface area contributed by atoms with Gasteiger partial charge in [-0.1, -0.05) is 23.2 Å². The van der Waals surface area contributed by atoms with E-state index in [2.05, 4.69) is 20.8 Å². The second-order valence-corrected chi connectivity index (χ2v) is 5.72. The van der Waals surface area contributed by atoms with Crippen molar-refractivity contribution in [3.8, 4) is 0 Å². The van der Waals surface area contributed by atoms with Gasteiger partial charge in [0, 0.05) is 21.7 Å². The van der Waals surface area contributed by atoms with Crippen LogP contribution in [0.1, 0.15) is 12.8 Å². The molecule has 1 heterocycles. The highest BCUT2D eigenvalue weighted by Gasteiger charge is 2.29. The average Bonchev–Trinajstić information content (AvgIpc) is 3.24. The van der Waals surface area contributed by atoms with Crippen LogP contribution in [0, 0.1) is 5.92 Å². The number of aromatic nitrogens is 2. The first kappa shape index (κ1) is 14.1. The van der Waals surface area contributed by atoms with Crippen molar-refractivity contribution in [1.29, 1.82) is 0 Å². The number of carbonyl (C=O) groups excluding carboxylic acids is 1. The van der Waals surface area contributed by atoms with Crippen LogP contribution in [-0.4, -0.2) is 16.1 Å². The number of hydrogen-bond acceptors (Lipinski definition) is 4. The lowest BCUT2D eigenvalue weighted by molar-refractivity contribution is -0.117. The van der Waals surface area contributed by atoms with Crippen LogP contribution in [0.4, 0.5) is 17.3 Å². The molecule has 0 atom stereocenters. The second kappa shape index (κ2) is 5.87. The zero-order valence-electron chi connectivity index (χ0n) is 10.9. The first-order chi connectivity index (χ1) is 10.1. The number of hydrogen-bond donors (Lipinski definition) is 2. The Morgan fingerprint density at radius 1 is 1.05 bits per heavy atom. The van der Waals surface area contributed by atoms with Gasteiger partial charge in [0.15, 0.2) is 11.6 Å². The van der Waals surface area contributed by atoms with E-state index < -0.39 is 0 Å². The molecular weight excluding hydrogens is 311 g/mol. The van der Waals surface area contributed by atoms with E-state index in [1.165, 1.54) is 0 Å². The number of carbonyl (C=O) groups is 1. The lowest BCUT2D eigenvalue weighted by Crippen LogP contribution is -2.14. The monoisotopic (exact) mass is 322 g/mol. The SMILES string of the molecule is O=C(Nc1ccc(Nc2cc(Cl)cc(Cl)c2)nn1)C1CC1. The lowest BCUT2D eigenvalue weighted by Gasteiger charge is -2.07. The second-order valence-electron chi connectivity index (χ2n) is 4.85. The molecule has 2 aromatic rings. The van der Waals surface area contributed by atoms with Crippen LogP contribution in [-0.2, 0) is 4.79 Å². The van der Waals surface area contributed by atoms with Crippen molar-refractivity contribution in [3.05, 3.63) is 40.4 Å². The third-order valence-electron chi connectivity index (χ3n) is 3.00. The van der Waals surface area contributed by atoms with Crippen LogP contribution in [0.2, 0.25) is 10.0 Å². The topological polar surface area (TPSA) is 66.9 Å². The first-order valence-electron chi connectivity index (χ1n) is 6.48. The molecule has 1 fully saturated rings. The fraction of sp³-hybridized carbons (Fsp3) is 0.214. The summed E-state index contributed by atoms with van der Waals surface area (Å²) in [6, 6.07) is 8.54. The number of rotatable bonds is 4. The Morgan fingerprint density at radius 3 is 2.24 bits per heavy atom. The standard InChI is InChI=1S/C14H12Cl2N4O/c15-9-5-10(16)7-11(6-9)17-12-3-4-13(20-19-12)18-14(21)8-1-2-8/h3-8H,1-2H2,(H,17,19)(H,18,20,21). The molecule has 0 spiro atoms. The maximum absolute atomic E-state index is 11.6. The molecule has 1 aromatic carbocycles. The molecule has 2 N–H and O–H groups in total. The van der Waals surface area contributed by atoms with Crippen LogP contribution in [0.5, 0.6) is 0 Å². The van der Waals surface area contributed by atoms with Crippen molar-refractivity contribution in [2.24, 2.45) is 5.92 Å². The minimum absolute atomic E-state index is 0.00614. The average molecular weight is 323 g/mol. The zero-order chi connectivity index (χ0) is 14.8. The Labute approximate surface area is 131 Å². The van der Waals surface area contributed by atoms with Gasteiger partial charge in [0.25, 0.3) is 0 Å². The molecule has 1 aliphatic rings. The van der Waals surface area contributed by atoms with Gasteiger partial charge < -0.3 is 10.6 Å².